The van der Waals surface area contributed by atoms with Gasteiger partial charge in [0.1, 0.15) is 0 Å². The maximum absolute atomic E-state index is 5.39. The van der Waals surface area contributed by atoms with Gasteiger partial charge in [-0.15, -0.1) is 0 Å². The van der Waals surface area contributed by atoms with Crippen molar-refractivity contribution in [3.05, 3.63) is 144 Å². The van der Waals surface area contributed by atoms with Gasteiger partial charge in [-0.1, -0.05) is 141 Å². The molecule has 4 aromatic rings. The third-order valence-corrected chi connectivity index (χ3v) is 7.10. The van der Waals surface area contributed by atoms with Crippen molar-refractivity contribution in [2.75, 3.05) is 7.11 Å². The van der Waals surface area contributed by atoms with Crippen molar-refractivity contribution in [3.8, 4) is 0 Å². The van der Waals surface area contributed by atoms with Crippen LogP contribution in [0, 0.1) is 5.92 Å². The second-order valence-electron chi connectivity index (χ2n) is 9.65. The molecular weight excluding hydrogens is 438 g/mol. The molecule has 0 saturated heterocycles. The van der Waals surface area contributed by atoms with Crippen molar-refractivity contribution >= 4 is 0 Å². The smallest absolute Gasteiger partial charge is 0.0575 e. The van der Waals surface area contributed by atoms with E-state index in [-0.39, 0.29) is 0 Å². The van der Waals surface area contributed by atoms with Gasteiger partial charge in [0, 0.05) is 19.0 Å². The lowest BCUT2D eigenvalue weighted by Gasteiger charge is -2.31. The average Bonchev–Trinajstić information content (AvgIpc) is 2.96. The molecule has 0 radical (unpaired) electrons. The van der Waals surface area contributed by atoms with Crippen LogP contribution in [0.4, 0.5) is 0 Å². The Balaban J connectivity index is 0.000000170. The highest BCUT2D eigenvalue weighted by Gasteiger charge is 2.26. The predicted molar refractivity (Wildman–Crippen MR) is 150 cm³/mol. The Bertz CT molecular complexity index is 1010. The highest BCUT2D eigenvalue weighted by atomic mass is 16.7. The fourth-order valence-electron chi connectivity index (χ4n) is 5.28. The van der Waals surface area contributed by atoms with Gasteiger partial charge >= 0.3 is 0 Å². The summed E-state index contributed by atoms with van der Waals surface area (Å²) >= 11 is 0. The molecule has 0 N–H and O–H groups in total. The Morgan fingerprint density at radius 1 is 0.583 bits per heavy atom. The molecule has 0 atom stereocenters. The summed E-state index contributed by atoms with van der Waals surface area (Å²) < 4.78 is 0. The van der Waals surface area contributed by atoms with Gasteiger partial charge in [0.05, 0.1) is 7.11 Å². The van der Waals surface area contributed by atoms with Gasteiger partial charge in [-0.05, 0) is 41.0 Å². The lowest BCUT2D eigenvalue weighted by Crippen LogP contribution is -2.21. The minimum atomic E-state index is 0.586. The lowest BCUT2D eigenvalue weighted by atomic mass is 9.74. The second-order valence-corrected chi connectivity index (χ2v) is 9.65. The third-order valence-electron chi connectivity index (χ3n) is 7.10. The molecule has 1 aliphatic rings. The Morgan fingerprint density at radius 2 is 0.972 bits per heavy atom. The summed E-state index contributed by atoms with van der Waals surface area (Å²) in [5, 5.41) is 1.95. The van der Waals surface area contributed by atoms with Gasteiger partial charge in [0.15, 0.2) is 0 Å². The van der Waals surface area contributed by atoms with E-state index >= 15 is 0 Å². The van der Waals surface area contributed by atoms with Gasteiger partial charge in [-0.2, -0.15) is 5.06 Å². The molecule has 0 amide bonds. The van der Waals surface area contributed by atoms with E-state index in [1.54, 1.807) is 7.11 Å². The normalized spacial score (nSPS) is 13.9. The zero-order chi connectivity index (χ0) is 24.8. The van der Waals surface area contributed by atoms with Crippen molar-refractivity contribution in [2.24, 2.45) is 5.92 Å². The molecule has 1 aliphatic carbocycles. The molecule has 2 heteroatoms. The monoisotopic (exact) mass is 477 g/mol. The minimum absolute atomic E-state index is 0.586. The summed E-state index contributed by atoms with van der Waals surface area (Å²) in [5.41, 5.74) is 5.48. The molecule has 186 valence electrons. The summed E-state index contributed by atoms with van der Waals surface area (Å²) in [6, 6.07) is 42.8. The molecule has 5 rings (SSSR count). The first-order chi connectivity index (χ1) is 17.8. The van der Waals surface area contributed by atoms with Crippen LogP contribution in [0.15, 0.2) is 121 Å². The Kier molecular flexibility index (Phi) is 10.3. The van der Waals surface area contributed by atoms with Gasteiger partial charge in [0.2, 0.25) is 0 Å². The van der Waals surface area contributed by atoms with Crippen LogP contribution in [0.1, 0.15) is 60.3 Å². The van der Waals surface area contributed by atoms with Crippen LogP contribution in [-0.2, 0) is 17.9 Å². The zero-order valence-electron chi connectivity index (χ0n) is 21.5. The molecule has 0 spiro atoms. The van der Waals surface area contributed by atoms with E-state index in [0.29, 0.717) is 5.92 Å². The van der Waals surface area contributed by atoms with Crippen molar-refractivity contribution in [3.63, 3.8) is 0 Å². The summed E-state index contributed by atoms with van der Waals surface area (Å²) in [6.45, 7) is 1.60. The van der Waals surface area contributed by atoms with E-state index in [4.69, 9.17) is 4.84 Å². The molecule has 0 heterocycles. The van der Waals surface area contributed by atoms with Gasteiger partial charge < -0.3 is 4.84 Å². The fraction of sp³-hybridized carbons (Fsp3) is 0.294. The van der Waals surface area contributed by atoms with Crippen molar-refractivity contribution in [1.29, 1.82) is 0 Å². The number of hydroxylamine groups is 2. The van der Waals surface area contributed by atoms with E-state index in [0.717, 1.165) is 19.0 Å². The van der Waals surface area contributed by atoms with Crippen molar-refractivity contribution in [2.45, 2.75) is 51.1 Å². The summed E-state index contributed by atoms with van der Waals surface area (Å²) in [5.74, 6) is 1.40. The Hall–Kier alpha value is -3.20. The highest BCUT2D eigenvalue weighted by molar-refractivity contribution is 5.33. The maximum atomic E-state index is 5.39. The van der Waals surface area contributed by atoms with Gasteiger partial charge in [-0.25, -0.2) is 0 Å². The number of nitrogens with zero attached hydrogens (tertiary/aromatic N) is 1. The molecule has 0 aromatic heterocycles. The standard InChI is InChI=1S/C19H22.C15H17NO/c1-4-10-16(11-5-1)19(17-12-6-2-7-13-17)18-14-8-3-9-15-18;1-17-16(12-14-8-4-2-5-9-14)13-15-10-6-3-7-11-15/h1-2,4-7,10-13,18-19H,3,8-9,14-15H2;2-11H,12-13H2,1H3. The van der Waals surface area contributed by atoms with Crippen LogP contribution in [0.5, 0.6) is 0 Å². The summed E-state index contributed by atoms with van der Waals surface area (Å²) in [4.78, 5) is 5.39. The molecule has 36 heavy (non-hydrogen) atoms. The summed E-state index contributed by atoms with van der Waals surface area (Å²) in [7, 11) is 1.71. The van der Waals surface area contributed by atoms with Gasteiger partial charge in [0.25, 0.3) is 0 Å². The SMILES string of the molecule is CON(Cc1ccccc1)Cc1ccccc1.c1ccc(C(c2ccccc2)C2CCCCC2)cc1. The van der Waals surface area contributed by atoms with E-state index in [2.05, 4.69) is 84.9 Å². The molecule has 0 bridgehead atoms. The molecule has 1 saturated carbocycles. The number of hydrogen-bond acceptors (Lipinski definition) is 2. The summed E-state index contributed by atoms with van der Waals surface area (Å²) in [6.07, 6.45) is 7.00. The van der Waals surface area contributed by atoms with E-state index in [1.165, 1.54) is 54.4 Å². The van der Waals surface area contributed by atoms with E-state index < -0.39 is 0 Å². The minimum Gasteiger partial charge on any atom is -0.302 e. The molecule has 2 nitrogen and oxygen atoms in total. The largest absolute Gasteiger partial charge is 0.302 e. The molecular formula is C34H39NO. The molecule has 4 aromatic carbocycles. The maximum Gasteiger partial charge on any atom is 0.0575 e. The fourth-order valence-corrected chi connectivity index (χ4v) is 5.28. The number of benzene rings is 4. The van der Waals surface area contributed by atoms with E-state index in [9.17, 15) is 0 Å². The quantitative estimate of drug-likeness (QED) is 0.235. The van der Waals surface area contributed by atoms with Crippen LogP contribution in [0.2, 0.25) is 0 Å². The van der Waals surface area contributed by atoms with Crippen LogP contribution in [-0.4, -0.2) is 12.2 Å². The number of hydrogen-bond donors (Lipinski definition) is 0. The topological polar surface area (TPSA) is 12.5 Å². The van der Waals surface area contributed by atoms with Crippen LogP contribution < -0.4 is 0 Å². The second kappa shape index (κ2) is 14.4. The Morgan fingerprint density at radius 3 is 1.36 bits per heavy atom. The lowest BCUT2D eigenvalue weighted by molar-refractivity contribution is -0.146. The average molecular weight is 478 g/mol. The molecule has 0 aliphatic heterocycles. The highest BCUT2D eigenvalue weighted by Crippen LogP contribution is 2.40. The van der Waals surface area contributed by atoms with Crippen molar-refractivity contribution < 1.29 is 4.84 Å². The first-order valence-corrected chi connectivity index (χ1v) is 13.3. The van der Waals surface area contributed by atoms with Crippen molar-refractivity contribution in [1.82, 2.24) is 5.06 Å². The van der Waals surface area contributed by atoms with Crippen LogP contribution in [0.3, 0.4) is 0 Å². The first-order valence-electron chi connectivity index (χ1n) is 13.3. The van der Waals surface area contributed by atoms with Gasteiger partial charge in [-0.3, -0.25) is 0 Å². The zero-order valence-corrected chi connectivity index (χ0v) is 21.5. The first kappa shape index (κ1) is 25.9. The number of rotatable bonds is 8. The molecule has 1 fully saturated rings. The third kappa shape index (κ3) is 7.91. The van der Waals surface area contributed by atoms with Crippen LogP contribution >= 0.6 is 0 Å². The molecule has 0 unspecified atom stereocenters. The Labute approximate surface area is 217 Å². The van der Waals surface area contributed by atoms with Crippen LogP contribution in [0.25, 0.3) is 0 Å². The predicted octanol–water partition coefficient (Wildman–Crippen LogP) is 8.65. The van der Waals surface area contributed by atoms with E-state index in [1.807, 2.05) is 41.5 Å².